The minimum atomic E-state index is 0.428. The lowest BCUT2D eigenvalue weighted by Gasteiger charge is -2.23. The second kappa shape index (κ2) is 5.80. The maximum Gasteiger partial charge on any atom is 0.247 e. The highest BCUT2D eigenvalue weighted by Crippen LogP contribution is 2.35. The molecule has 0 N–H and O–H groups in total. The van der Waals surface area contributed by atoms with E-state index in [-0.39, 0.29) is 0 Å². The Bertz CT molecular complexity index is 451. The first-order valence-corrected chi connectivity index (χ1v) is 6.53. The zero-order valence-corrected chi connectivity index (χ0v) is 10.9. The van der Waals surface area contributed by atoms with Crippen LogP contribution in [-0.4, -0.2) is 10.2 Å². The summed E-state index contributed by atoms with van der Waals surface area (Å²) < 4.78 is 5.75. The van der Waals surface area contributed by atoms with E-state index in [0.29, 0.717) is 11.8 Å². The number of allylic oxidation sites excluding steroid dienone is 4. The van der Waals surface area contributed by atoms with Crippen LogP contribution in [0.15, 0.2) is 35.8 Å². The summed E-state index contributed by atoms with van der Waals surface area (Å²) in [6.45, 7) is 9.71. The van der Waals surface area contributed by atoms with Crippen LogP contribution >= 0.6 is 0 Å². The van der Waals surface area contributed by atoms with Gasteiger partial charge in [-0.1, -0.05) is 38.3 Å². The summed E-state index contributed by atoms with van der Waals surface area (Å²) in [4.78, 5) is 0. The van der Waals surface area contributed by atoms with Crippen molar-refractivity contribution in [1.82, 2.24) is 10.2 Å². The van der Waals surface area contributed by atoms with Crippen LogP contribution in [0.2, 0.25) is 0 Å². The highest BCUT2D eigenvalue weighted by molar-refractivity contribution is 5.68. The molecule has 3 nitrogen and oxygen atoms in total. The van der Waals surface area contributed by atoms with Crippen LogP contribution in [0.3, 0.4) is 0 Å². The Morgan fingerprint density at radius 1 is 1.22 bits per heavy atom. The van der Waals surface area contributed by atoms with Crippen LogP contribution in [-0.2, 0) is 0 Å². The Morgan fingerprint density at radius 2 is 1.94 bits per heavy atom. The van der Waals surface area contributed by atoms with Crippen LogP contribution in [0.4, 0.5) is 0 Å². The highest BCUT2D eigenvalue weighted by atomic mass is 16.4. The number of rotatable bonds is 4. The van der Waals surface area contributed by atoms with Crippen LogP contribution in [0.1, 0.15) is 50.3 Å². The molecule has 0 amide bonds. The SMILES string of the molecule is C=C/C=C(\C=C)c1nnc(C2CCC(C)CC2)o1. The topological polar surface area (TPSA) is 38.9 Å². The average molecular weight is 244 g/mol. The molecule has 1 fully saturated rings. The molecule has 0 atom stereocenters. The minimum Gasteiger partial charge on any atom is -0.420 e. The van der Waals surface area contributed by atoms with Crippen molar-refractivity contribution in [3.63, 3.8) is 0 Å². The van der Waals surface area contributed by atoms with Crippen molar-refractivity contribution in [2.45, 2.75) is 38.5 Å². The second-order valence-corrected chi connectivity index (χ2v) is 4.96. The first kappa shape index (κ1) is 12.8. The summed E-state index contributed by atoms with van der Waals surface area (Å²) >= 11 is 0. The van der Waals surface area contributed by atoms with E-state index in [4.69, 9.17) is 4.42 Å². The first-order valence-electron chi connectivity index (χ1n) is 6.53. The minimum absolute atomic E-state index is 0.428. The van der Waals surface area contributed by atoms with E-state index in [0.717, 1.165) is 30.2 Å². The molecule has 1 aliphatic carbocycles. The summed E-state index contributed by atoms with van der Waals surface area (Å²) in [5.41, 5.74) is 0.827. The van der Waals surface area contributed by atoms with Gasteiger partial charge in [0.05, 0.1) is 0 Å². The van der Waals surface area contributed by atoms with Crippen molar-refractivity contribution in [2.75, 3.05) is 0 Å². The van der Waals surface area contributed by atoms with Gasteiger partial charge in [-0.15, -0.1) is 10.2 Å². The molecule has 1 aliphatic rings. The van der Waals surface area contributed by atoms with Crippen molar-refractivity contribution in [3.05, 3.63) is 43.2 Å². The van der Waals surface area contributed by atoms with Gasteiger partial charge in [-0.2, -0.15) is 0 Å². The van der Waals surface area contributed by atoms with Gasteiger partial charge in [0.25, 0.3) is 0 Å². The monoisotopic (exact) mass is 244 g/mol. The molecule has 2 rings (SSSR count). The maximum atomic E-state index is 5.75. The third kappa shape index (κ3) is 2.78. The lowest BCUT2D eigenvalue weighted by atomic mass is 9.83. The molecular weight excluding hydrogens is 224 g/mol. The summed E-state index contributed by atoms with van der Waals surface area (Å²) in [7, 11) is 0. The van der Waals surface area contributed by atoms with Gasteiger partial charge in [0.15, 0.2) is 0 Å². The third-order valence-electron chi connectivity index (χ3n) is 3.57. The Kier molecular flexibility index (Phi) is 4.13. The van der Waals surface area contributed by atoms with Crippen molar-refractivity contribution >= 4 is 5.57 Å². The number of aromatic nitrogens is 2. The molecule has 1 aromatic rings. The Labute approximate surface area is 108 Å². The predicted octanol–water partition coefficient (Wildman–Crippen LogP) is 4.12. The molecule has 0 unspecified atom stereocenters. The average Bonchev–Trinajstić information content (AvgIpc) is 2.86. The van der Waals surface area contributed by atoms with Gasteiger partial charge >= 0.3 is 0 Å². The fourth-order valence-electron chi connectivity index (χ4n) is 2.38. The molecule has 1 saturated carbocycles. The fraction of sp³-hybridized carbons (Fsp3) is 0.467. The zero-order valence-electron chi connectivity index (χ0n) is 10.9. The van der Waals surface area contributed by atoms with Crippen molar-refractivity contribution in [2.24, 2.45) is 5.92 Å². The standard InChI is InChI=1S/C15H20N2O/c1-4-6-12(5-2)14-16-17-15(18-14)13-9-7-11(3)8-10-13/h4-6,11,13H,1-2,7-10H2,3H3/b12-6+. The van der Waals surface area contributed by atoms with E-state index in [1.165, 1.54) is 12.8 Å². The summed E-state index contributed by atoms with van der Waals surface area (Å²) in [5, 5.41) is 8.27. The van der Waals surface area contributed by atoms with E-state index >= 15 is 0 Å². The van der Waals surface area contributed by atoms with Crippen molar-refractivity contribution in [1.29, 1.82) is 0 Å². The normalized spacial score (nSPS) is 24.8. The Balaban J connectivity index is 2.12. The van der Waals surface area contributed by atoms with Gasteiger partial charge in [-0.25, -0.2) is 0 Å². The van der Waals surface area contributed by atoms with E-state index in [1.54, 1.807) is 12.2 Å². The highest BCUT2D eigenvalue weighted by Gasteiger charge is 2.24. The zero-order chi connectivity index (χ0) is 13.0. The molecule has 0 aliphatic heterocycles. The van der Waals surface area contributed by atoms with Crippen LogP contribution < -0.4 is 0 Å². The van der Waals surface area contributed by atoms with Crippen molar-refractivity contribution in [3.8, 4) is 0 Å². The Hall–Kier alpha value is -1.64. The number of nitrogens with zero attached hydrogens (tertiary/aromatic N) is 2. The quantitative estimate of drug-likeness (QED) is 0.748. The van der Waals surface area contributed by atoms with Gasteiger partial charge < -0.3 is 4.42 Å². The maximum absolute atomic E-state index is 5.75. The summed E-state index contributed by atoms with van der Waals surface area (Å²) in [5.74, 6) is 2.57. The molecule has 18 heavy (non-hydrogen) atoms. The molecule has 0 aromatic carbocycles. The second-order valence-electron chi connectivity index (χ2n) is 4.96. The summed E-state index contributed by atoms with van der Waals surface area (Å²) in [6.07, 6.45) is 10.0. The van der Waals surface area contributed by atoms with Gasteiger partial charge in [-0.3, -0.25) is 0 Å². The molecule has 96 valence electrons. The van der Waals surface area contributed by atoms with E-state index in [1.807, 2.05) is 6.08 Å². The van der Waals surface area contributed by atoms with E-state index in [9.17, 15) is 0 Å². The van der Waals surface area contributed by atoms with E-state index < -0.39 is 0 Å². The Morgan fingerprint density at radius 3 is 2.56 bits per heavy atom. The molecule has 0 spiro atoms. The van der Waals surface area contributed by atoms with Gasteiger partial charge in [0.1, 0.15) is 0 Å². The molecule has 3 heteroatoms. The molecular formula is C15H20N2O. The van der Waals surface area contributed by atoms with Crippen molar-refractivity contribution < 1.29 is 4.42 Å². The van der Waals surface area contributed by atoms with Gasteiger partial charge in [0, 0.05) is 11.5 Å². The van der Waals surface area contributed by atoms with Crippen LogP contribution in [0.5, 0.6) is 0 Å². The van der Waals surface area contributed by atoms with Crippen LogP contribution in [0, 0.1) is 5.92 Å². The molecule has 0 radical (unpaired) electrons. The number of hydrogen-bond acceptors (Lipinski definition) is 3. The molecule has 0 saturated heterocycles. The molecule has 1 heterocycles. The predicted molar refractivity (Wildman–Crippen MR) is 73.0 cm³/mol. The molecule has 0 bridgehead atoms. The lowest BCUT2D eigenvalue weighted by Crippen LogP contribution is -2.11. The van der Waals surface area contributed by atoms with Crippen LogP contribution in [0.25, 0.3) is 5.57 Å². The summed E-state index contributed by atoms with van der Waals surface area (Å²) in [6, 6.07) is 0. The smallest absolute Gasteiger partial charge is 0.247 e. The lowest BCUT2D eigenvalue weighted by molar-refractivity contribution is 0.306. The third-order valence-corrected chi connectivity index (χ3v) is 3.57. The molecule has 1 aromatic heterocycles. The van der Waals surface area contributed by atoms with Gasteiger partial charge in [0.2, 0.25) is 11.8 Å². The fourth-order valence-corrected chi connectivity index (χ4v) is 2.38. The number of hydrogen-bond donors (Lipinski definition) is 0. The largest absolute Gasteiger partial charge is 0.420 e. The van der Waals surface area contributed by atoms with E-state index in [2.05, 4.69) is 30.3 Å². The van der Waals surface area contributed by atoms with Gasteiger partial charge in [-0.05, 0) is 31.6 Å². The first-order chi connectivity index (χ1) is 8.74.